The molecule has 0 amide bonds. The van der Waals surface area contributed by atoms with Gasteiger partial charge in [0.2, 0.25) is 0 Å². The van der Waals surface area contributed by atoms with E-state index in [9.17, 15) is 4.79 Å². The Bertz CT molecular complexity index is 841. The summed E-state index contributed by atoms with van der Waals surface area (Å²) in [7, 11) is 0. The van der Waals surface area contributed by atoms with Crippen LogP contribution in [0.25, 0.3) is 0 Å². The first kappa shape index (κ1) is 22.1. The molecule has 1 aliphatic rings. The van der Waals surface area contributed by atoms with Crippen molar-refractivity contribution in [1.82, 2.24) is 20.1 Å². The van der Waals surface area contributed by atoms with Gasteiger partial charge in [0.25, 0.3) is 5.56 Å². The van der Waals surface area contributed by atoms with Crippen LogP contribution >= 0.6 is 0 Å². The van der Waals surface area contributed by atoms with Gasteiger partial charge < -0.3 is 19.9 Å². The molecule has 7 heteroatoms. The number of aliphatic imine (C=N–C) groups is 1. The summed E-state index contributed by atoms with van der Waals surface area (Å²) in [6.45, 7) is 9.84. The lowest BCUT2D eigenvalue weighted by atomic mass is 10.1. The Labute approximate surface area is 178 Å². The van der Waals surface area contributed by atoms with Crippen LogP contribution in [0, 0.1) is 0 Å². The molecule has 2 N–H and O–H groups in total. The van der Waals surface area contributed by atoms with Crippen LogP contribution in [0.4, 0.5) is 0 Å². The first-order chi connectivity index (χ1) is 14.7. The molecule has 1 aromatic carbocycles. The van der Waals surface area contributed by atoms with Gasteiger partial charge in [-0.3, -0.25) is 9.69 Å². The number of pyridine rings is 1. The number of ether oxygens (including phenoxy) is 1. The fraction of sp³-hybridized carbons (Fsp3) is 0.478. The van der Waals surface area contributed by atoms with Crippen LogP contribution in [0.2, 0.25) is 0 Å². The Morgan fingerprint density at radius 2 is 1.83 bits per heavy atom. The van der Waals surface area contributed by atoms with Gasteiger partial charge in [0.15, 0.2) is 5.96 Å². The van der Waals surface area contributed by atoms with Crippen molar-refractivity contribution in [2.24, 2.45) is 4.99 Å². The number of aromatic nitrogens is 1. The van der Waals surface area contributed by atoms with Gasteiger partial charge in [-0.25, -0.2) is 4.99 Å². The quantitative estimate of drug-likeness (QED) is 0.373. The second-order valence-electron chi connectivity index (χ2n) is 7.41. The molecule has 0 spiro atoms. The van der Waals surface area contributed by atoms with E-state index < -0.39 is 0 Å². The molecule has 0 atom stereocenters. The van der Waals surface area contributed by atoms with Crippen molar-refractivity contribution in [3.63, 3.8) is 0 Å². The smallest absolute Gasteiger partial charge is 0.250 e. The predicted molar refractivity (Wildman–Crippen MR) is 121 cm³/mol. The number of hydrogen-bond donors (Lipinski definition) is 2. The first-order valence-corrected chi connectivity index (χ1v) is 10.8. The fourth-order valence-corrected chi connectivity index (χ4v) is 3.38. The Hall–Kier alpha value is -2.64. The Morgan fingerprint density at radius 1 is 1.07 bits per heavy atom. The molecule has 0 bridgehead atoms. The summed E-state index contributed by atoms with van der Waals surface area (Å²) in [6, 6.07) is 13.5. The summed E-state index contributed by atoms with van der Waals surface area (Å²) in [5.41, 5.74) is 2.26. The predicted octanol–water partition coefficient (Wildman–Crippen LogP) is 1.67. The highest BCUT2D eigenvalue weighted by Gasteiger charge is 2.09. The SMILES string of the molecule is CCNC(=NCc1ccc(Cn2ccccc2=O)cc1)NCCCN1CCOCC1. The number of nitrogens with zero attached hydrogens (tertiary/aromatic N) is 3. The molecular formula is C23H33N5O2. The zero-order valence-electron chi connectivity index (χ0n) is 17.8. The largest absolute Gasteiger partial charge is 0.379 e. The Balaban J connectivity index is 1.46. The van der Waals surface area contributed by atoms with Crippen LogP contribution in [0.15, 0.2) is 58.4 Å². The third-order valence-electron chi connectivity index (χ3n) is 5.09. The minimum atomic E-state index is 0.0150. The van der Waals surface area contributed by atoms with Gasteiger partial charge in [0.1, 0.15) is 0 Å². The fourth-order valence-electron chi connectivity index (χ4n) is 3.38. The van der Waals surface area contributed by atoms with Gasteiger partial charge >= 0.3 is 0 Å². The molecular weight excluding hydrogens is 378 g/mol. The standard InChI is InChI=1S/C23H33N5O2/c1-2-24-23(25-11-5-12-27-14-16-30-17-15-27)26-18-20-7-9-21(10-8-20)19-28-13-4-3-6-22(28)29/h3-4,6-10,13H,2,5,11-12,14-19H2,1H3,(H2,24,25,26). The molecule has 1 aromatic heterocycles. The number of rotatable bonds is 9. The van der Waals surface area contributed by atoms with E-state index >= 15 is 0 Å². The van der Waals surface area contributed by atoms with Crippen molar-refractivity contribution in [3.8, 4) is 0 Å². The zero-order chi connectivity index (χ0) is 21.0. The minimum absolute atomic E-state index is 0.0150. The lowest BCUT2D eigenvalue weighted by molar-refractivity contribution is 0.0376. The summed E-state index contributed by atoms with van der Waals surface area (Å²) in [5, 5.41) is 6.73. The molecule has 7 nitrogen and oxygen atoms in total. The van der Waals surface area contributed by atoms with Crippen molar-refractivity contribution in [2.75, 3.05) is 45.9 Å². The average molecular weight is 412 g/mol. The van der Waals surface area contributed by atoms with Crippen LogP contribution in [0.1, 0.15) is 24.5 Å². The molecule has 0 unspecified atom stereocenters. The molecule has 1 fully saturated rings. The lowest BCUT2D eigenvalue weighted by Crippen LogP contribution is -2.40. The molecule has 1 saturated heterocycles. The third kappa shape index (κ3) is 7.31. The topological polar surface area (TPSA) is 70.9 Å². The van der Waals surface area contributed by atoms with E-state index in [-0.39, 0.29) is 5.56 Å². The van der Waals surface area contributed by atoms with E-state index in [0.29, 0.717) is 13.1 Å². The van der Waals surface area contributed by atoms with Crippen LogP contribution < -0.4 is 16.2 Å². The maximum Gasteiger partial charge on any atom is 0.250 e. The molecule has 0 radical (unpaired) electrons. The number of guanidine groups is 1. The maximum atomic E-state index is 11.9. The van der Waals surface area contributed by atoms with Crippen molar-refractivity contribution in [3.05, 3.63) is 70.1 Å². The van der Waals surface area contributed by atoms with Gasteiger partial charge in [0.05, 0.1) is 26.3 Å². The van der Waals surface area contributed by atoms with Crippen LogP contribution in [0.3, 0.4) is 0 Å². The normalized spacial score (nSPS) is 15.2. The molecule has 2 aromatic rings. The highest BCUT2D eigenvalue weighted by molar-refractivity contribution is 5.79. The molecule has 30 heavy (non-hydrogen) atoms. The summed E-state index contributed by atoms with van der Waals surface area (Å²) < 4.78 is 7.10. The lowest BCUT2D eigenvalue weighted by Gasteiger charge is -2.26. The van der Waals surface area contributed by atoms with Crippen molar-refractivity contribution >= 4 is 5.96 Å². The van der Waals surface area contributed by atoms with E-state index in [1.807, 2.05) is 12.3 Å². The maximum absolute atomic E-state index is 11.9. The minimum Gasteiger partial charge on any atom is -0.379 e. The molecule has 0 aliphatic carbocycles. The van der Waals surface area contributed by atoms with Crippen molar-refractivity contribution < 1.29 is 4.74 Å². The van der Waals surface area contributed by atoms with Gasteiger partial charge in [0, 0.05) is 38.4 Å². The van der Waals surface area contributed by atoms with Crippen molar-refractivity contribution in [1.29, 1.82) is 0 Å². The molecule has 162 valence electrons. The summed E-state index contributed by atoms with van der Waals surface area (Å²) in [5.74, 6) is 0.847. The molecule has 1 aliphatic heterocycles. The summed E-state index contributed by atoms with van der Waals surface area (Å²) >= 11 is 0. The Kier molecular flexibility index (Phi) is 8.93. The van der Waals surface area contributed by atoms with Crippen molar-refractivity contribution in [2.45, 2.75) is 26.4 Å². The van der Waals surface area contributed by atoms with Crippen LogP contribution in [0.5, 0.6) is 0 Å². The van der Waals surface area contributed by atoms with Crippen LogP contribution in [-0.4, -0.2) is 61.4 Å². The van der Waals surface area contributed by atoms with Gasteiger partial charge in [-0.1, -0.05) is 30.3 Å². The van der Waals surface area contributed by atoms with E-state index in [0.717, 1.165) is 69.4 Å². The van der Waals surface area contributed by atoms with E-state index in [1.165, 1.54) is 0 Å². The summed E-state index contributed by atoms with van der Waals surface area (Å²) in [6.07, 6.45) is 2.89. The molecule has 3 rings (SSSR count). The highest BCUT2D eigenvalue weighted by atomic mass is 16.5. The number of hydrogen-bond acceptors (Lipinski definition) is 4. The number of nitrogens with one attached hydrogen (secondary N) is 2. The van der Waals surface area contributed by atoms with E-state index in [1.54, 1.807) is 16.7 Å². The van der Waals surface area contributed by atoms with E-state index in [2.05, 4.69) is 46.7 Å². The van der Waals surface area contributed by atoms with Gasteiger partial charge in [-0.2, -0.15) is 0 Å². The number of benzene rings is 1. The second kappa shape index (κ2) is 12.1. The van der Waals surface area contributed by atoms with E-state index in [4.69, 9.17) is 9.73 Å². The van der Waals surface area contributed by atoms with Gasteiger partial charge in [-0.05, 0) is 37.1 Å². The first-order valence-electron chi connectivity index (χ1n) is 10.8. The monoisotopic (exact) mass is 411 g/mol. The second-order valence-corrected chi connectivity index (χ2v) is 7.41. The zero-order valence-corrected chi connectivity index (χ0v) is 17.8. The Morgan fingerprint density at radius 3 is 2.57 bits per heavy atom. The van der Waals surface area contributed by atoms with Gasteiger partial charge in [-0.15, -0.1) is 0 Å². The highest BCUT2D eigenvalue weighted by Crippen LogP contribution is 2.07. The number of morpholine rings is 1. The summed E-state index contributed by atoms with van der Waals surface area (Å²) in [4.78, 5) is 19.0. The third-order valence-corrected chi connectivity index (χ3v) is 5.09. The molecule has 0 saturated carbocycles. The van der Waals surface area contributed by atoms with Crippen LogP contribution in [-0.2, 0) is 17.8 Å². The average Bonchev–Trinajstić information content (AvgIpc) is 2.78. The molecule has 2 heterocycles.